The van der Waals surface area contributed by atoms with E-state index in [1.54, 1.807) is 13.1 Å². The van der Waals surface area contributed by atoms with Crippen molar-refractivity contribution in [3.8, 4) is 0 Å². The third-order valence-electron chi connectivity index (χ3n) is 2.43. The Morgan fingerprint density at radius 3 is 2.75 bits per heavy atom. The minimum atomic E-state index is -2.88. The van der Waals surface area contributed by atoms with E-state index in [-0.39, 0.29) is 17.5 Å². The van der Waals surface area contributed by atoms with Crippen LogP contribution >= 0.6 is 0 Å². The van der Waals surface area contributed by atoms with Crippen LogP contribution in [0.15, 0.2) is 24.4 Å². The molecule has 1 aromatic rings. The molecule has 0 aliphatic heterocycles. The van der Waals surface area contributed by atoms with Gasteiger partial charge in [-0.25, -0.2) is 8.42 Å². The molecule has 0 bridgehead atoms. The Morgan fingerprint density at radius 2 is 2.19 bits per heavy atom. The average molecular weight is 242 g/mol. The van der Waals surface area contributed by atoms with Gasteiger partial charge in [0.1, 0.15) is 0 Å². The van der Waals surface area contributed by atoms with Gasteiger partial charge in [-0.3, -0.25) is 4.98 Å². The summed E-state index contributed by atoms with van der Waals surface area (Å²) in [4.78, 5) is 4.20. The number of pyridine rings is 1. The molecule has 1 atom stereocenters. The van der Waals surface area contributed by atoms with Crippen LogP contribution in [0.2, 0.25) is 0 Å². The summed E-state index contributed by atoms with van der Waals surface area (Å²) in [5.74, 6) is 0.382. The molecule has 0 radical (unpaired) electrons. The van der Waals surface area contributed by atoms with Crippen LogP contribution in [0.1, 0.15) is 25.6 Å². The second-order valence-electron chi connectivity index (χ2n) is 3.67. The lowest BCUT2D eigenvalue weighted by atomic mass is 10.2. The molecule has 0 aromatic carbocycles. The van der Waals surface area contributed by atoms with Crippen LogP contribution < -0.4 is 5.32 Å². The van der Waals surface area contributed by atoms with Crippen LogP contribution in [0.5, 0.6) is 0 Å². The highest BCUT2D eigenvalue weighted by molar-refractivity contribution is 7.91. The molecule has 1 unspecified atom stereocenters. The van der Waals surface area contributed by atoms with E-state index in [0.717, 1.165) is 5.69 Å². The summed E-state index contributed by atoms with van der Waals surface area (Å²) >= 11 is 0. The summed E-state index contributed by atoms with van der Waals surface area (Å²) < 4.78 is 22.5. The number of nitrogens with zero attached hydrogens (tertiary/aromatic N) is 1. The van der Waals surface area contributed by atoms with Gasteiger partial charge in [-0.05, 0) is 19.1 Å². The fourth-order valence-corrected chi connectivity index (χ4v) is 2.03. The number of rotatable bonds is 6. The predicted molar refractivity (Wildman–Crippen MR) is 65.0 cm³/mol. The molecule has 1 aromatic heterocycles. The Labute approximate surface area is 97.0 Å². The van der Waals surface area contributed by atoms with Crippen molar-refractivity contribution in [3.05, 3.63) is 30.1 Å². The highest BCUT2D eigenvalue weighted by Crippen LogP contribution is 2.07. The summed E-state index contributed by atoms with van der Waals surface area (Å²) in [5.41, 5.74) is 0.927. The van der Waals surface area contributed by atoms with Crippen LogP contribution in [0.3, 0.4) is 0 Å². The van der Waals surface area contributed by atoms with Crippen LogP contribution in [0, 0.1) is 0 Å². The smallest absolute Gasteiger partial charge is 0.151 e. The maximum Gasteiger partial charge on any atom is 0.151 e. The summed E-state index contributed by atoms with van der Waals surface area (Å²) in [6.45, 7) is 4.10. The van der Waals surface area contributed by atoms with Crippen molar-refractivity contribution in [2.24, 2.45) is 0 Å². The van der Waals surface area contributed by atoms with Gasteiger partial charge >= 0.3 is 0 Å². The third kappa shape index (κ3) is 4.28. The van der Waals surface area contributed by atoms with E-state index in [1.807, 2.05) is 25.1 Å². The zero-order valence-corrected chi connectivity index (χ0v) is 10.5. The molecule has 0 spiro atoms. The summed E-state index contributed by atoms with van der Waals surface area (Å²) in [5, 5.41) is 3.15. The van der Waals surface area contributed by atoms with Crippen LogP contribution in [0.25, 0.3) is 0 Å². The Balaban J connectivity index is 2.40. The summed E-state index contributed by atoms with van der Waals surface area (Å²) in [6, 6.07) is 5.78. The van der Waals surface area contributed by atoms with Crippen molar-refractivity contribution in [1.82, 2.24) is 10.3 Å². The van der Waals surface area contributed by atoms with E-state index in [2.05, 4.69) is 10.3 Å². The van der Waals surface area contributed by atoms with Gasteiger partial charge in [-0.15, -0.1) is 0 Å². The molecular formula is C11H18N2O2S. The zero-order chi connectivity index (χ0) is 12.0. The lowest BCUT2D eigenvalue weighted by molar-refractivity contribution is 0.566. The number of hydrogen-bond donors (Lipinski definition) is 1. The van der Waals surface area contributed by atoms with Crippen molar-refractivity contribution in [2.45, 2.75) is 19.9 Å². The molecule has 90 valence electrons. The SMILES string of the molecule is CCS(=O)(=O)CCNC(C)c1ccccn1. The van der Waals surface area contributed by atoms with Gasteiger partial charge in [0.25, 0.3) is 0 Å². The van der Waals surface area contributed by atoms with Gasteiger partial charge in [0.2, 0.25) is 0 Å². The molecule has 1 rings (SSSR count). The second-order valence-corrected chi connectivity index (χ2v) is 6.14. The van der Waals surface area contributed by atoms with E-state index >= 15 is 0 Å². The molecule has 16 heavy (non-hydrogen) atoms. The Kier molecular flexibility index (Phi) is 4.89. The molecule has 0 saturated heterocycles. The van der Waals surface area contributed by atoms with Gasteiger partial charge in [-0.1, -0.05) is 13.0 Å². The van der Waals surface area contributed by atoms with E-state index < -0.39 is 9.84 Å². The van der Waals surface area contributed by atoms with Gasteiger partial charge in [-0.2, -0.15) is 0 Å². The Bertz CT molecular complexity index is 403. The number of aromatic nitrogens is 1. The topological polar surface area (TPSA) is 59.1 Å². The Hall–Kier alpha value is -0.940. The number of hydrogen-bond acceptors (Lipinski definition) is 4. The van der Waals surface area contributed by atoms with E-state index in [1.165, 1.54) is 0 Å². The molecule has 0 amide bonds. The molecule has 0 aliphatic rings. The first kappa shape index (κ1) is 13.1. The minimum absolute atomic E-state index is 0.0771. The lowest BCUT2D eigenvalue weighted by Crippen LogP contribution is -2.26. The average Bonchev–Trinajstić information content (AvgIpc) is 2.30. The Morgan fingerprint density at radius 1 is 1.44 bits per heavy atom. The van der Waals surface area contributed by atoms with Crippen LogP contribution in [-0.2, 0) is 9.84 Å². The monoisotopic (exact) mass is 242 g/mol. The number of sulfone groups is 1. The molecule has 0 aliphatic carbocycles. The van der Waals surface area contributed by atoms with Crippen molar-refractivity contribution in [2.75, 3.05) is 18.1 Å². The first-order chi connectivity index (χ1) is 7.55. The highest BCUT2D eigenvalue weighted by Gasteiger charge is 2.09. The largest absolute Gasteiger partial charge is 0.308 e. The van der Waals surface area contributed by atoms with Gasteiger partial charge in [0.15, 0.2) is 9.84 Å². The van der Waals surface area contributed by atoms with Gasteiger partial charge in [0, 0.05) is 24.5 Å². The first-order valence-corrected chi connectivity index (χ1v) is 7.22. The maximum absolute atomic E-state index is 11.3. The summed E-state index contributed by atoms with van der Waals surface area (Å²) in [7, 11) is -2.88. The lowest BCUT2D eigenvalue weighted by Gasteiger charge is -2.12. The highest BCUT2D eigenvalue weighted by atomic mass is 32.2. The second kappa shape index (κ2) is 5.96. The number of nitrogens with one attached hydrogen (secondary N) is 1. The fraction of sp³-hybridized carbons (Fsp3) is 0.545. The molecular weight excluding hydrogens is 224 g/mol. The fourth-order valence-electron chi connectivity index (χ4n) is 1.31. The van der Waals surface area contributed by atoms with Gasteiger partial charge in [0.05, 0.1) is 11.4 Å². The van der Waals surface area contributed by atoms with Crippen molar-refractivity contribution in [1.29, 1.82) is 0 Å². The molecule has 1 heterocycles. The van der Waals surface area contributed by atoms with Gasteiger partial charge < -0.3 is 5.32 Å². The van der Waals surface area contributed by atoms with E-state index in [9.17, 15) is 8.42 Å². The first-order valence-electron chi connectivity index (χ1n) is 5.40. The minimum Gasteiger partial charge on any atom is -0.308 e. The van der Waals surface area contributed by atoms with Crippen molar-refractivity contribution < 1.29 is 8.42 Å². The molecule has 1 N–H and O–H groups in total. The predicted octanol–water partition coefficient (Wildman–Crippen LogP) is 1.17. The molecule has 5 heteroatoms. The van der Waals surface area contributed by atoms with Crippen LogP contribution in [0.4, 0.5) is 0 Å². The van der Waals surface area contributed by atoms with E-state index in [4.69, 9.17) is 0 Å². The summed E-state index contributed by atoms with van der Waals surface area (Å²) in [6.07, 6.45) is 1.73. The maximum atomic E-state index is 11.3. The normalized spacial score (nSPS) is 13.6. The van der Waals surface area contributed by atoms with Crippen molar-refractivity contribution in [3.63, 3.8) is 0 Å². The standard InChI is InChI=1S/C11H18N2O2S/c1-3-16(14,15)9-8-12-10(2)11-6-4-5-7-13-11/h4-7,10,12H,3,8-9H2,1-2H3. The van der Waals surface area contributed by atoms with E-state index in [0.29, 0.717) is 6.54 Å². The molecule has 0 saturated carbocycles. The quantitative estimate of drug-likeness (QED) is 0.813. The zero-order valence-electron chi connectivity index (χ0n) is 9.68. The van der Waals surface area contributed by atoms with Crippen molar-refractivity contribution >= 4 is 9.84 Å². The molecule has 0 fully saturated rings. The molecule has 4 nitrogen and oxygen atoms in total. The third-order valence-corrected chi connectivity index (χ3v) is 4.14. The van der Waals surface area contributed by atoms with Crippen LogP contribution in [-0.4, -0.2) is 31.5 Å².